The smallest absolute Gasteiger partial charge is 0.246 e. The molecule has 0 saturated heterocycles. The topological polar surface area (TPSA) is 64.8 Å². The standard InChI is InChI=1S/C29H34N2O4/c1-20-26(21(2)35-30-20)19-34-27-16-10-22(18-28(27)33-4)11-17-29(32)31(3)25-14-12-24(13-15-25)23-8-6-5-7-9-23/h5-11,16-18,24-25H,12-15,19H2,1-4H3/b17-11+. The molecule has 1 fully saturated rings. The van der Waals surface area contributed by atoms with Crippen LogP contribution >= 0.6 is 0 Å². The number of methoxy groups -OCH3 is 1. The van der Waals surface area contributed by atoms with Crippen LogP contribution < -0.4 is 9.47 Å². The van der Waals surface area contributed by atoms with Gasteiger partial charge in [-0.05, 0) is 74.8 Å². The average molecular weight is 475 g/mol. The van der Waals surface area contributed by atoms with E-state index in [1.165, 1.54) is 5.56 Å². The number of amides is 1. The summed E-state index contributed by atoms with van der Waals surface area (Å²) in [5.41, 5.74) is 4.04. The van der Waals surface area contributed by atoms with E-state index in [1.807, 2.05) is 50.1 Å². The number of aryl methyl sites for hydroxylation is 2. The van der Waals surface area contributed by atoms with Gasteiger partial charge in [0.1, 0.15) is 12.4 Å². The molecule has 0 radical (unpaired) electrons. The lowest BCUT2D eigenvalue weighted by molar-refractivity contribution is -0.127. The summed E-state index contributed by atoms with van der Waals surface area (Å²) in [6.45, 7) is 4.11. The molecule has 6 heteroatoms. The number of carbonyl (C=O) groups is 1. The van der Waals surface area contributed by atoms with Gasteiger partial charge in [-0.15, -0.1) is 0 Å². The second kappa shape index (κ2) is 11.3. The van der Waals surface area contributed by atoms with Crippen molar-refractivity contribution in [1.29, 1.82) is 0 Å². The average Bonchev–Trinajstić information content (AvgIpc) is 3.23. The van der Waals surface area contributed by atoms with Gasteiger partial charge in [-0.2, -0.15) is 0 Å². The van der Waals surface area contributed by atoms with Crippen LogP contribution in [0.4, 0.5) is 0 Å². The molecule has 6 nitrogen and oxygen atoms in total. The van der Waals surface area contributed by atoms with E-state index in [1.54, 1.807) is 13.2 Å². The molecule has 1 aliphatic carbocycles. The molecule has 4 rings (SSSR count). The van der Waals surface area contributed by atoms with E-state index in [9.17, 15) is 4.79 Å². The van der Waals surface area contributed by atoms with Crippen LogP contribution in [-0.2, 0) is 11.4 Å². The molecule has 0 N–H and O–H groups in total. The maximum atomic E-state index is 12.9. The lowest BCUT2D eigenvalue weighted by Gasteiger charge is -2.34. The number of likely N-dealkylation sites (N-methyl/N-ethyl adjacent to an activating group) is 1. The number of hydrogen-bond acceptors (Lipinski definition) is 5. The Hall–Kier alpha value is -3.54. The van der Waals surface area contributed by atoms with Gasteiger partial charge in [-0.3, -0.25) is 4.79 Å². The predicted octanol–water partition coefficient (Wildman–Crippen LogP) is 6.08. The molecule has 1 aliphatic rings. The zero-order valence-corrected chi connectivity index (χ0v) is 21.0. The predicted molar refractivity (Wildman–Crippen MR) is 137 cm³/mol. The summed E-state index contributed by atoms with van der Waals surface area (Å²) in [5.74, 6) is 2.60. The molecule has 35 heavy (non-hydrogen) atoms. The van der Waals surface area contributed by atoms with E-state index in [0.29, 0.717) is 24.0 Å². The summed E-state index contributed by atoms with van der Waals surface area (Å²) in [5, 5.41) is 3.96. The van der Waals surface area contributed by atoms with Gasteiger partial charge < -0.3 is 18.9 Å². The maximum Gasteiger partial charge on any atom is 0.246 e. The number of aromatic nitrogens is 1. The summed E-state index contributed by atoms with van der Waals surface area (Å²) in [6.07, 6.45) is 7.75. The summed E-state index contributed by atoms with van der Waals surface area (Å²) >= 11 is 0. The van der Waals surface area contributed by atoms with E-state index >= 15 is 0 Å². The number of rotatable bonds is 8. The fourth-order valence-electron chi connectivity index (χ4n) is 4.75. The fraction of sp³-hybridized carbons (Fsp3) is 0.379. The Morgan fingerprint density at radius 3 is 2.49 bits per heavy atom. The minimum Gasteiger partial charge on any atom is -0.493 e. The van der Waals surface area contributed by atoms with Gasteiger partial charge in [-0.25, -0.2) is 0 Å². The van der Waals surface area contributed by atoms with Gasteiger partial charge in [0.2, 0.25) is 5.91 Å². The highest BCUT2D eigenvalue weighted by Gasteiger charge is 2.26. The van der Waals surface area contributed by atoms with E-state index in [2.05, 4.69) is 35.5 Å². The zero-order chi connectivity index (χ0) is 24.8. The number of hydrogen-bond donors (Lipinski definition) is 0. The Balaban J connectivity index is 1.33. The molecule has 0 spiro atoms. The van der Waals surface area contributed by atoms with Crippen LogP contribution in [-0.4, -0.2) is 36.2 Å². The molecule has 3 aromatic rings. The lowest BCUT2D eigenvalue weighted by Crippen LogP contribution is -2.38. The zero-order valence-electron chi connectivity index (χ0n) is 21.0. The van der Waals surface area contributed by atoms with Gasteiger partial charge in [0, 0.05) is 19.2 Å². The van der Waals surface area contributed by atoms with Crippen LogP contribution in [0.5, 0.6) is 11.5 Å². The van der Waals surface area contributed by atoms with Crippen molar-refractivity contribution in [2.75, 3.05) is 14.2 Å². The quantitative estimate of drug-likeness (QED) is 0.370. The molecule has 0 atom stereocenters. The molecule has 184 valence electrons. The minimum absolute atomic E-state index is 0.0193. The van der Waals surface area contributed by atoms with Crippen LogP contribution in [0.25, 0.3) is 6.08 Å². The van der Waals surface area contributed by atoms with Crippen molar-refractivity contribution in [2.24, 2.45) is 0 Å². The highest BCUT2D eigenvalue weighted by Crippen LogP contribution is 2.34. The Morgan fingerprint density at radius 2 is 1.83 bits per heavy atom. The van der Waals surface area contributed by atoms with Crippen molar-refractivity contribution in [3.63, 3.8) is 0 Å². The van der Waals surface area contributed by atoms with E-state index in [0.717, 1.165) is 48.3 Å². The summed E-state index contributed by atoms with van der Waals surface area (Å²) < 4.78 is 16.7. The van der Waals surface area contributed by atoms with Crippen molar-refractivity contribution >= 4 is 12.0 Å². The van der Waals surface area contributed by atoms with Gasteiger partial charge >= 0.3 is 0 Å². The van der Waals surface area contributed by atoms with Gasteiger partial charge in [0.05, 0.1) is 18.4 Å². The summed E-state index contributed by atoms with van der Waals surface area (Å²) in [6, 6.07) is 16.6. The monoisotopic (exact) mass is 474 g/mol. The number of nitrogens with zero attached hydrogens (tertiary/aromatic N) is 2. The first-order chi connectivity index (χ1) is 17.0. The van der Waals surface area contributed by atoms with Gasteiger partial charge in [0.15, 0.2) is 11.5 Å². The van der Waals surface area contributed by atoms with E-state index < -0.39 is 0 Å². The lowest BCUT2D eigenvalue weighted by atomic mass is 9.81. The third kappa shape index (κ3) is 5.94. The highest BCUT2D eigenvalue weighted by atomic mass is 16.5. The van der Waals surface area contributed by atoms with Gasteiger partial charge in [0.25, 0.3) is 0 Å². The fourth-order valence-corrected chi connectivity index (χ4v) is 4.75. The van der Waals surface area contributed by atoms with Crippen molar-refractivity contribution in [3.8, 4) is 11.5 Å². The first-order valence-corrected chi connectivity index (χ1v) is 12.2. The second-order valence-electron chi connectivity index (χ2n) is 9.20. The van der Waals surface area contributed by atoms with Crippen molar-refractivity contribution in [2.45, 2.75) is 58.1 Å². The molecular weight excluding hydrogens is 440 g/mol. The molecule has 0 unspecified atom stereocenters. The largest absolute Gasteiger partial charge is 0.493 e. The third-order valence-corrected chi connectivity index (χ3v) is 7.02. The van der Waals surface area contributed by atoms with Crippen LogP contribution in [0.1, 0.15) is 59.7 Å². The molecule has 0 bridgehead atoms. The number of ether oxygens (including phenoxy) is 2. The van der Waals surface area contributed by atoms with Crippen molar-refractivity contribution < 1.29 is 18.8 Å². The molecule has 1 heterocycles. The second-order valence-corrected chi connectivity index (χ2v) is 9.20. The van der Waals surface area contributed by atoms with Crippen LogP contribution in [0.2, 0.25) is 0 Å². The van der Waals surface area contributed by atoms with Gasteiger partial charge in [-0.1, -0.05) is 41.6 Å². The normalized spacial score (nSPS) is 17.9. The molecule has 0 aliphatic heterocycles. The number of carbonyl (C=O) groups excluding carboxylic acids is 1. The Kier molecular flexibility index (Phi) is 7.91. The molecular formula is C29H34N2O4. The van der Waals surface area contributed by atoms with E-state index in [-0.39, 0.29) is 11.9 Å². The van der Waals surface area contributed by atoms with Crippen LogP contribution in [0.3, 0.4) is 0 Å². The van der Waals surface area contributed by atoms with Crippen molar-refractivity contribution in [3.05, 3.63) is 82.8 Å². The maximum absolute atomic E-state index is 12.9. The van der Waals surface area contributed by atoms with Crippen LogP contribution in [0.15, 0.2) is 59.1 Å². The molecule has 2 aromatic carbocycles. The van der Waals surface area contributed by atoms with Crippen molar-refractivity contribution in [1.82, 2.24) is 10.1 Å². The first-order valence-electron chi connectivity index (χ1n) is 12.2. The summed E-state index contributed by atoms with van der Waals surface area (Å²) in [7, 11) is 3.52. The Morgan fingerprint density at radius 1 is 1.09 bits per heavy atom. The SMILES string of the molecule is COc1cc(/C=C/C(=O)N(C)C2CCC(c3ccccc3)CC2)ccc1OCc1c(C)noc1C. The highest BCUT2D eigenvalue weighted by molar-refractivity contribution is 5.91. The molecule has 1 aromatic heterocycles. The third-order valence-electron chi connectivity index (χ3n) is 7.02. The summed E-state index contributed by atoms with van der Waals surface area (Å²) in [4.78, 5) is 14.7. The van der Waals surface area contributed by atoms with E-state index in [4.69, 9.17) is 14.0 Å². The Bertz CT molecular complexity index is 1140. The molecule has 1 amide bonds. The minimum atomic E-state index is 0.0193. The molecule has 1 saturated carbocycles. The Labute approximate surface area is 207 Å². The van der Waals surface area contributed by atoms with Crippen LogP contribution in [0, 0.1) is 13.8 Å². The first kappa shape index (κ1) is 24.6. The number of benzene rings is 2.